The van der Waals surface area contributed by atoms with E-state index in [2.05, 4.69) is 44.5 Å². The van der Waals surface area contributed by atoms with Crippen molar-refractivity contribution in [3.8, 4) is 0 Å². The number of piperazine rings is 1. The van der Waals surface area contributed by atoms with Gasteiger partial charge in [-0.15, -0.1) is 0 Å². The second-order valence-corrected chi connectivity index (χ2v) is 7.61. The van der Waals surface area contributed by atoms with Crippen molar-refractivity contribution < 1.29 is 4.74 Å². The van der Waals surface area contributed by atoms with Crippen molar-refractivity contribution in [2.45, 2.75) is 38.1 Å². The summed E-state index contributed by atoms with van der Waals surface area (Å²) in [7, 11) is 4.41. The predicted molar refractivity (Wildman–Crippen MR) is 89.3 cm³/mol. The highest BCUT2D eigenvalue weighted by Gasteiger charge is 2.39. The van der Waals surface area contributed by atoms with E-state index >= 15 is 0 Å². The van der Waals surface area contributed by atoms with Crippen LogP contribution in [-0.4, -0.2) is 83.2 Å². The van der Waals surface area contributed by atoms with Gasteiger partial charge in [0.05, 0.1) is 17.8 Å². The maximum Gasteiger partial charge on any atom is 0.135 e. The average molecular weight is 319 g/mol. The number of rotatable bonds is 2. The number of hydrogen-bond donors (Lipinski definition) is 0. The molecule has 0 unspecified atom stereocenters. The Morgan fingerprint density at radius 3 is 2.48 bits per heavy atom. The molecule has 0 amide bonds. The number of imidazole rings is 1. The standard InChI is InChI=1S/C17H29N5O/c1-19-5-3-17(4-6-19)14-22-15(11-18-16(22)13-23-17)12-21-9-7-20(2)8-10-21/h11H,3-10,12-14H2,1-2H3. The molecule has 0 aliphatic carbocycles. The number of ether oxygens (including phenoxy) is 1. The maximum absolute atomic E-state index is 6.27. The Morgan fingerprint density at radius 2 is 1.74 bits per heavy atom. The molecular formula is C17H29N5O. The number of piperidine rings is 1. The summed E-state index contributed by atoms with van der Waals surface area (Å²) < 4.78 is 8.72. The molecular weight excluding hydrogens is 290 g/mol. The molecule has 3 aliphatic rings. The first-order chi connectivity index (χ1) is 11.1. The van der Waals surface area contributed by atoms with Gasteiger partial charge in [-0.1, -0.05) is 0 Å². The van der Waals surface area contributed by atoms with Gasteiger partial charge in [-0.2, -0.15) is 0 Å². The van der Waals surface area contributed by atoms with E-state index in [1.54, 1.807) is 0 Å². The lowest BCUT2D eigenvalue weighted by Crippen LogP contribution is -2.50. The van der Waals surface area contributed by atoms with E-state index in [0.717, 1.165) is 57.9 Å². The summed E-state index contributed by atoms with van der Waals surface area (Å²) in [5.41, 5.74) is 1.41. The number of fused-ring (bicyclic) bond motifs is 1. The summed E-state index contributed by atoms with van der Waals surface area (Å²) in [6.07, 6.45) is 4.34. The molecule has 4 rings (SSSR count). The molecule has 3 aliphatic heterocycles. The zero-order chi connectivity index (χ0) is 15.9. The van der Waals surface area contributed by atoms with Crippen molar-refractivity contribution in [1.82, 2.24) is 24.3 Å². The molecule has 0 aromatic carbocycles. The van der Waals surface area contributed by atoms with E-state index in [-0.39, 0.29) is 5.60 Å². The van der Waals surface area contributed by atoms with E-state index in [4.69, 9.17) is 4.74 Å². The highest BCUT2D eigenvalue weighted by molar-refractivity contribution is 5.10. The number of nitrogens with zero attached hydrogens (tertiary/aromatic N) is 5. The third-order valence-corrected chi connectivity index (χ3v) is 5.85. The molecule has 6 nitrogen and oxygen atoms in total. The lowest BCUT2D eigenvalue weighted by molar-refractivity contribution is -0.120. The highest BCUT2D eigenvalue weighted by atomic mass is 16.5. The topological polar surface area (TPSA) is 36.8 Å². The molecule has 23 heavy (non-hydrogen) atoms. The quantitative estimate of drug-likeness (QED) is 0.799. The van der Waals surface area contributed by atoms with Gasteiger partial charge in [-0.3, -0.25) is 4.90 Å². The van der Waals surface area contributed by atoms with Crippen molar-refractivity contribution >= 4 is 0 Å². The summed E-state index contributed by atoms with van der Waals surface area (Å²) in [6.45, 7) is 9.60. The van der Waals surface area contributed by atoms with Gasteiger partial charge in [0, 0.05) is 52.0 Å². The van der Waals surface area contributed by atoms with Gasteiger partial charge in [0.2, 0.25) is 0 Å². The minimum Gasteiger partial charge on any atom is -0.365 e. The molecule has 2 fully saturated rings. The SMILES string of the molecule is CN1CCN(Cc2cnc3n2CC2(CCN(C)CC2)OC3)CC1. The van der Waals surface area contributed by atoms with Crippen LogP contribution in [0.4, 0.5) is 0 Å². The highest BCUT2D eigenvalue weighted by Crippen LogP contribution is 2.33. The van der Waals surface area contributed by atoms with Crippen molar-refractivity contribution in [3.05, 3.63) is 17.7 Å². The third-order valence-electron chi connectivity index (χ3n) is 5.85. The maximum atomic E-state index is 6.27. The average Bonchev–Trinajstić information content (AvgIpc) is 2.95. The fourth-order valence-corrected chi connectivity index (χ4v) is 4.00. The monoisotopic (exact) mass is 319 g/mol. The molecule has 4 heterocycles. The van der Waals surface area contributed by atoms with E-state index in [0.29, 0.717) is 6.61 Å². The van der Waals surface area contributed by atoms with Crippen molar-refractivity contribution in [1.29, 1.82) is 0 Å². The minimum atomic E-state index is 0.0388. The van der Waals surface area contributed by atoms with Crippen molar-refractivity contribution in [3.63, 3.8) is 0 Å². The van der Waals surface area contributed by atoms with Gasteiger partial charge < -0.3 is 19.1 Å². The molecule has 1 aromatic heterocycles. The Kier molecular flexibility index (Phi) is 4.17. The Bertz CT molecular complexity index is 541. The number of likely N-dealkylation sites (N-methyl/N-ethyl adjacent to an activating group) is 1. The zero-order valence-electron chi connectivity index (χ0n) is 14.5. The summed E-state index contributed by atoms with van der Waals surface area (Å²) in [6, 6.07) is 0. The van der Waals surface area contributed by atoms with Crippen LogP contribution in [-0.2, 0) is 24.4 Å². The molecule has 2 saturated heterocycles. The Labute approximate surface area is 139 Å². The predicted octanol–water partition coefficient (Wildman–Crippen LogP) is 0.625. The van der Waals surface area contributed by atoms with Crippen LogP contribution in [0.1, 0.15) is 24.4 Å². The Morgan fingerprint density at radius 1 is 1.04 bits per heavy atom. The van der Waals surface area contributed by atoms with Gasteiger partial charge in [0.1, 0.15) is 12.4 Å². The normalized spacial score (nSPS) is 26.5. The van der Waals surface area contributed by atoms with Crippen molar-refractivity contribution in [2.24, 2.45) is 0 Å². The van der Waals surface area contributed by atoms with Crippen LogP contribution in [0, 0.1) is 0 Å². The number of hydrogen-bond acceptors (Lipinski definition) is 5. The van der Waals surface area contributed by atoms with E-state index in [1.807, 2.05) is 0 Å². The summed E-state index contributed by atoms with van der Waals surface area (Å²) in [4.78, 5) is 12.0. The molecule has 0 N–H and O–H groups in total. The molecule has 1 aromatic rings. The number of likely N-dealkylation sites (tertiary alicyclic amines) is 1. The van der Waals surface area contributed by atoms with Gasteiger partial charge in [0.25, 0.3) is 0 Å². The number of aromatic nitrogens is 2. The van der Waals surface area contributed by atoms with Crippen LogP contribution in [0.25, 0.3) is 0 Å². The second-order valence-electron chi connectivity index (χ2n) is 7.61. The fourth-order valence-electron chi connectivity index (χ4n) is 4.00. The molecule has 1 spiro atoms. The van der Waals surface area contributed by atoms with Gasteiger partial charge in [0.15, 0.2) is 0 Å². The van der Waals surface area contributed by atoms with Crippen molar-refractivity contribution in [2.75, 3.05) is 53.4 Å². The smallest absolute Gasteiger partial charge is 0.135 e. The van der Waals surface area contributed by atoms with E-state index < -0.39 is 0 Å². The van der Waals surface area contributed by atoms with Crippen LogP contribution in [0.3, 0.4) is 0 Å². The van der Waals surface area contributed by atoms with E-state index in [1.165, 1.54) is 18.8 Å². The lowest BCUT2D eigenvalue weighted by Gasteiger charge is -2.43. The van der Waals surface area contributed by atoms with Crippen LogP contribution in [0.2, 0.25) is 0 Å². The largest absolute Gasteiger partial charge is 0.365 e. The summed E-state index contributed by atoms with van der Waals surface area (Å²) in [5, 5.41) is 0. The molecule has 6 heteroatoms. The van der Waals surface area contributed by atoms with Crippen LogP contribution in [0.15, 0.2) is 6.20 Å². The molecule has 0 saturated carbocycles. The lowest BCUT2D eigenvalue weighted by atomic mass is 9.90. The van der Waals surface area contributed by atoms with E-state index in [9.17, 15) is 0 Å². The van der Waals surface area contributed by atoms with Crippen LogP contribution < -0.4 is 0 Å². The fraction of sp³-hybridized carbons (Fsp3) is 0.824. The van der Waals surface area contributed by atoms with Crippen LogP contribution >= 0.6 is 0 Å². The molecule has 0 atom stereocenters. The Hall–Kier alpha value is -0.950. The zero-order valence-corrected chi connectivity index (χ0v) is 14.5. The second kappa shape index (κ2) is 6.16. The first kappa shape index (κ1) is 15.6. The van der Waals surface area contributed by atoms with Gasteiger partial charge in [-0.05, 0) is 26.9 Å². The summed E-state index contributed by atoms with van der Waals surface area (Å²) >= 11 is 0. The first-order valence-corrected chi connectivity index (χ1v) is 8.90. The molecule has 0 bridgehead atoms. The molecule has 0 radical (unpaired) electrons. The summed E-state index contributed by atoms with van der Waals surface area (Å²) in [5.74, 6) is 1.11. The minimum absolute atomic E-state index is 0.0388. The molecule has 128 valence electrons. The van der Waals surface area contributed by atoms with Crippen LogP contribution in [0.5, 0.6) is 0 Å². The van der Waals surface area contributed by atoms with Gasteiger partial charge in [-0.25, -0.2) is 4.98 Å². The van der Waals surface area contributed by atoms with Gasteiger partial charge >= 0.3 is 0 Å². The third kappa shape index (κ3) is 3.18. The Balaban J connectivity index is 1.46. The first-order valence-electron chi connectivity index (χ1n) is 8.90.